The van der Waals surface area contributed by atoms with Crippen LogP contribution in [0.2, 0.25) is 0 Å². The number of amides is 1. The third-order valence-electron chi connectivity index (χ3n) is 6.15. The number of carboxylic acid groups (broad SMARTS) is 1. The third kappa shape index (κ3) is 4.58. The third-order valence-corrected chi connectivity index (χ3v) is 6.15. The highest BCUT2D eigenvalue weighted by molar-refractivity contribution is 6.07. The molecule has 0 radical (unpaired) electrons. The quantitative estimate of drug-likeness (QED) is 0.265. The number of hydrogen-bond acceptors (Lipinski definition) is 6. The van der Waals surface area contributed by atoms with Crippen LogP contribution in [0.5, 0.6) is 0 Å². The number of carbonyl (C=O) groups is 1. The molecule has 0 bridgehead atoms. The maximum atomic E-state index is 11.7. The number of nitrogens with one attached hydrogen (secondary N) is 1. The molecule has 0 spiro atoms. The van der Waals surface area contributed by atoms with Crippen LogP contribution >= 0.6 is 0 Å². The van der Waals surface area contributed by atoms with Gasteiger partial charge < -0.3 is 25.0 Å². The van der Waals surface area contributed by atoms with E-state index in [4.69, 9.17) is 15.5 Å². The van der Waals surface area contributed by atoms with Crippen molar-refractivity contribution in [2.45, 2.75) is 26.6 Å². The molecule has 0 fully saturated rings. The van der Waals surface area contributed by atoms with Crippen LogP contribution in [-0.2, 0) is 24.4 Å². The fourth-order valence-electron chi connectivity index (χ4n) is 4.31. The van der Waals surface area contributed by atoms with Crippen molar-refractivity contribution in [2.24, 2.45) is 0 Å². The first-order chi connectivity index (χ1) is 17.5. The van der Waals surface area contributed by atoms with E-state index >= 15 is 0 Å². The molecule has 0 unspecified atom stereocenters. The second-order valence-corrected chi connectivity index (χ2v) is 8.41. The van der Waals surface area contributed by atoms with Crippen molar-refractivity contribution in [1.82, 2.24) is 29.6 Å². The van der Waals surface area contributed by atoms with Gasteiger partial charge in [0.25, 0.3) is 0 Å². The highest BCUT2D eigenvalue weighted by Crippen LogP contribution is 2.31. The molecule has 4 N–H and O–H groups in total. The number of benzene rings is 2. The maximum absolute atomic E-state index is 11.7. The van der Waals surface area contributed by atoms with E-state index in [2.05, 4.69) is 15.2 Å². The van der Waals surface area contributed by atoms with Crippen LogP contribution in [0.25, 0.3) is 33.2 Å². The summed E-state index contributed by atoms with van der Waals surface area (Å²) in [5, 5.41) is 17.5. The van der Waals surface area contributed by atoms with Crippen molar-refractivity contribution in [1.29, 1.82) is 0 Å². The van der Waals surface area contributed by atoms with Gasteiger partial charge in [0.05, 0.1) is 36.5 Å². The zero-order valence-electron chi connectivity index (χ0n) is 19.9. The number of imidazole rings is 1. The van der Waals surface area contributed by atoms with Gasteiger partial charge in [-0.1, -0.05) is 36.4 Å². The normalized spacial score (nSPS) is 11.4. The lowest BCUT2D eigenvalue weighted by Crippen LogP contribution is -2.30. The van der Waals surface area contributed by atoms with Gasteiger partial charge >= 0.3 is 6.09 Å². The number of anilines is 1. The molecule has 1 amide bonds. The monoisotopic (exact) mass is 485 g/mol. The standard InChI is InChI=1S/C26H27N7O3/c1-2-32(26(34)35)15-22-30-23-24(33(22)12-13-36-16-17-6-4-3-5-7-17)19-9-8-18(20-10-11-28-31-20)14-21(19)29-25(23)27/h3-11,14H,2,12-13,15-16H2,1H3,(H2,27,29)(H,28,31)(H,34,35). The number of nitrogens with zero attached hydrogens (tertiary/aromatic N) is 5. The SMILES string of the molecule is CCN(Cc1nc2c(N)nc3cc(-c4ccn[nH]4)ccc3c2n1CCOCc1ccccc1)C(=O)O. The number of aromatic amines is 1. The predicted octanol–water partition coefficient (Wildman–Crippen LogP) is 4.27. The van der Waals surface area contributed by atoms with Gasteiger partial charge in [0.1, 0.15) is 11.3 Å². The van der Waals surface area contributed by atoms with Crippen molar-refractivity contribution in [2.75, 3.05) is 18.9 Å². The van der Waals surface area contributed by atoms with Gasteiger partial charge in [-0.15, -0.1) is 0 Å². The van der Waals surface area contributed by atoms with Crippen LogP contribution in [0.3, 0.4) is 0 Å². The molecule has 5 aromatic rings. The zero-order valence-corrected chi connectivity index (χ0v) is 19.9. The number of rotatable bonds is 9. The van der Waals surface area contributed by atoms with E-state index in [0.29, 0.717) is 43.5 Å². The summed E-state index contributed by atoms with van der Waals surface area (Å²) in [4.78, 5) is 22.4. The van der Waals surface area contributed by atoms with E-state index in [-0.39, 0.29) is 6.54 Å². The van der Waals surface area contributed by atoms with Crippen molar-refractivity contribution in [3.8, 4) is 11.3 Å². The van der Waals surface area contributed by atoms with Gasteiger partial charge in [0.2, 0.25) is 0 Å². The molecular formula is C26H27N7O3. The molecule has 0 atom stereocenters. The summed E-state index contributed by atoms with van der Waals surface area (Å²) in [6.07, 6.45) is 0.695. The molecule has 3 heterocycles. The summed E-state index contributed by atoms with van der Waals surface area (Å²) >= 11 is 0. The smallest absolute Gasteiger partial charge is 0.407 e. The van der Waals surface area contributed by atoms with Crippen LogP contribution in [-0.4, -0.2) is 54.0 Å². The lowest BCUT2D eigenvalue weighted by molar-refractivity contribution is 0.112. The first kappa shape index (κ1) is 23.3. The molecule has 36 heavy (non-hydrogen) atoms. The molecule has 0 saturated carbocycles. The largest absolute Gasteiger partial charge is 0.465 e. The number of hydrogen-bond donors (Lipinski definition) is 3. The number of aromatic nitrogens is 5. The van der Waals surface area contributed by atoms with Gasteiger partial charge in [-0.3, -0.25) is 5.10 Å². The van der Waals surface area contributed by atoms with Crippen LogP contribution < -0.4 is 5.73 Å². The topological polar surface area (TPSA) is 135 Å². The molecule has 5 rings (SSSR count). The van der Waals surface area contributed by atoms with Gasteiger partial charge in [0, 0.05) is 30.2 Å². The number of ether oxygens (including phenoxy) is 1. The predicted molar refractivity (Wildman–Crippen MR) is 137 cm³/mol. The lowest BCUT2D eigenvalue weighted by Gasteiger charge is -2.18. The Morgan fingerprint density at radius 2 is 2.00 bits per heavy atom. The fourth-order valence-corrected chi connectivity index (χ4v) is 4.31. The Hall–Kier alpha value is -4.44. The summed E-state index contributed by atoms with van der Waals surface area (Å²) in [6, 6.07) is 17.8. The summed E-state index contributed by atoms with van der Waals surface area (Å²) < 4.78 is 7.95. The van der Waals surface area contributed by atoms with Crippen molar-refractivity contribution < 1.29 is 14.6 Å². The van der Waals surface area contributed by atoms with E-state index < -0.39 is 6.09 Å². The molecule has 0 aliphatic heterocycles. The van der Waals surface area contributed by atoms with Gasteiger partial charge in [-0.05, 0) is 30.7 Å². The van der Waals surface area contributed by atoms with Crippen molar-refractivity contribution >= 4 is 33.8 Å². The van der Waals surface area contributed by atoms with Crippen LogP contribution in [0, 0.1) is 0 Å². The fraction of sp³-hybridized carbons (Fsp3) is 0.231. The summed E-state index contributed by atoms with van der Waals surface area (Å²) in [5.41, 5.74) is 11.3. The van der Waals surface area contributed by atoms with E-state index in [1.165, 1.54) is 4.90 Å². The molecular weight excluding hydrogens is 458 g/mol. The van der Waals surface area contributed by atoms with E-state index in [0.717, 1.165) is 33.2 Å². The van der Waals surface area contributed by atoms with Crippen LogP contribution in [0.4, 0.5) is 10.6 Å². The molecule has 2 aromatic carbocycles. The summed E-state index contributed by atoms with van der Waals surface area (Å²) in [5.74, 6) is 0.888. The lowest BCUT2D eigenvalue weighted by atomic mass is 10.1. The Bertz CT molecular complexity index is 1500. The minimum absolute atomic E-state index is 0.131. The first-order valence-electron chi connectivity index (χ1n) is 11.7. The number of pyridine rings is 1. The van der Waals surface area contributed by atoms with E-state index in [1.807, 2.05) is 59.2 Å². The minimum atomic E-state index is -1.00. The van der Waals surface area contributed by atoms with Crippen molar-refractivity contribution in [3.63, 3.8) is 0 Å². The second-order valence-electron chi connectivity index (χ2n) is 8.41. The second kappa shape index (κ2) is 10.0. The van der Waals surface area contributed by atoms with Crippen LogP contribution in [0.15, 0.2) is 60.8 Å². The zero-order chi connectivity index (χ0) is 25.1. The molecule has 3 aromatic heterocycles. The summed E-state index contributed by atoms with van der Waals surface area (Å²) in [6.45, 7) is 3.65. The van der Waals surface area contributed by atoms with E-state index in [1.54, 1.807) is 13.1 Å². The minimum Gasteiger partial charge on any atom is -0.465 e. The van der Waals surface area contributed by atoms with Crippen LogP contribution in [0.1, 0.15) is 18.3 Å². The highest BCUT2D eigenvalue weighted by atomic mass is 16.5. The van der Waals surface area contributed by atoms with Crippen molar-refractivity contribution in [3.05, 3.63) is 72.2 Å². The average molecular weight is 486 g/mol. The molecule has 0 saturated heterocycles. The Balaban J connectivity index is 1.55. The summed E-state index contributed by atoms with van der Waals surface area (Å²) in [7, 11) is 0. The Kier molecular flexibility index (Phi) is 6.50. The molecule has 0 aliphatic rings. The Labute approximate surface area is 207 Å². The molecule has 10 heteroatoms. The van der Waals surface area contributed by atoms with E-state index in [9.17, 15) is 9.90 Å². The Morgan fingerprint density at radius 3 is 2.72 bits per heavy atom. The number of nitrogens with two attached hydrogens (primary N) is 1. The maximum Gasteiger partial charge on any atom is 0.407 e. The number of fused-ring (bicyclic) bond motifs is 3. The first-order valence-corrected chi connectivity index (χ1v) is 11.7. The van der Waals surface area contributed by atoms with Gasteiger partial charge in [-0.25, -0.2) is 14.8 Å². The van der Waals surface area contributed by atoms with Gasteiger partial charge in [-0.2, -0.15) is 5.10 Å². The molecule has 184 valence electrons. The number of H-pyrrole nitrogens is 1. The Morgan fingerprint density at radius 1 is 1.17 bits per heavy atom. The average Bonchev–Trinajstić information content (AvgIpc) is 3.54. The highest BCUT2D eigenvalue weighted by Gasteiger charge is 2.21. The molecule has 10 nitrogen and oxygen atoms in total. The molecule has 0 aliphatic carbocycles. The van der Waals surface area contributed by atoms with Gasteiger partial charge in [0.15, 0.2) is 5.82 Å². The number of nitrogen functional groups attached to an aromatic ring is 1.